The van der Waals surface area contributed by atoms with E-state index in [-0.39, 0.29) is 12.6 Å². The van der Waals surface area contributed by atoms with Gasteiger partial charge in [-0.15, -0.1) is 0 Å². The number of halogens is 3. The fourth-order valence-electron chi connectivity index (χ4n) is 2.96. The molecule has 1 N–H and O–H groups in total. The molecule has 3 rings (SSSR count). The third kappa shape index (κ3) is 5.27. The molecule has 1 aliphatic carbocycles. The Hall–Kier alpha value is -1.96. The first-order valence-corrected chi connectivity index (χ1v) is 8.86. The van der Waals surface area contributed by atoms with Crippen LogP contribution in [0.5, 0.6) is 5.75 Å². The van der Waals surface area contributed by atoms with Crippen LogP contribution in [0.1, 0.15) is 24.8 Å². The second-order valence-corrected chi connectivity index (χ2v) is 6.72. The Balaban J connectivity index is 1.40. The van der Waals surface area contributed by atoms with Gasteiger partial charge in [0.25, 0.3) is 0 Å². The lowest BCUT2D eigenvalue weighted by molar-refractivity contribution is -0.137. The second kappa shape index (κ2) is 8.16. The molecule has 5 nitrogen and oxygen atoms in total. The van der Waals surface area contributed by atoms with Gasteiger partial charge in [0.1, 0.15) is 12.4 Å². The Labute approximate surface area is 150 Å². The molecule has 8 heteroatoms. The number of hydrogen-bond acceptors (Lipinski definition) is 3. The smallest absolute Gasteiger partial charge is 0.416 e. The van der Waals surface area contributed by atoms with Gasteiger partial charge in [-0.25, -0.2) is 4.79 Å². The molecule has 144 valence electrons. The lowest BCUT2D eigenvalue weighted by Crippen LogP contribution is -2.45. The summed E-state index contributed by atoms with van der Waals surface area (Å²) in [5.74, 6) is 0.735. The number of carbonyl (C=O) groups excluding carboxylic acids is 1. The third-order valence-corrected chi connectivity index (χ3v) is 4.56. The molecule has 0 aromatic heterocycles. The maximum absolute atomic E-state index is 12.5. The van der Waals surface area contributed by atoms with Crippen molar-refractivity contribution in [3.63, 3.8) is 0 Å². The Morgan fingerprint density at radius 3 is 2.54 bits per heavy atom. The quantitative estimate of drug-likeness (QED) is 0.748. The Bertz CT molecular complexity index is 597. The van der Waals surface area contributed by atoms with Gasteiger partial charge in [0, 0.05) is 25.1 Å². The van der Waals surface area contributed by atoms with Gasteiger partial charge in [-0.3, -0.25) is 0 Å². The van der Waals surface area contributed by atoms with Crippen molar-refractivity contribution in [2.45, 2.75) is 31.5 Å². The minimum atomic E-state index is -4.36. The molecular formula is C18H23F3N2O3. The lowest BCUT2D eigenvalue weighted by Gasteiger charge is -2.25. The summed E-state index contributed by atoms with van der Waals surface area (Å²) < 4.78 is 48.3. The second-order valence-electron chi connectivity index (χ2n) is 6.72. The van der Waals surface area contributed by atoms with Crippen molar-refractivity contribution in [3.05, 3.63) is 29.8 Å². The maximum Gasteiger partial charge on any atom is 0.416 e. The van der Waals surface area contributed by atoms with Gasteiger partial charge in [0.15, 0.2) is 0 Å². The van der Waals surface area contributed by atoms with Crippen molar-refractivity contribution in [1.82, 2.24) is 10.2 Å². The summed E-state index contributed by atoms with van der Waals surface area (Å²) in [6, 6.07) is 4.71. The molecule has 1 saturated heterocycles. The predicted octanol–water partition coefficient (Wildman–Crippen LogP) is 3.29. The van der Waals surface area contributed by atoms with E-state index < -0.39 is 11.7 Å². The standard InChI is InChI=1S/C18H23F3N2O3/c19-18(20,21)14-1-5-16(6-2-14)26-10-8-22-17(24)23(15-3-4-15)11-13-7-9-25-12-13/h1-2,5-6,13,15H,3-4,7-12H2,(H,22,24). The van der Waals surface area contributed by atoms with Crippen molar-refractivity contribution >= 4 is 6.03 Å². The van der Waals surface area contributed by atoms with Gasteiger partial charge in [-0.1, -0.05) is 0 Å². The van der Waals surface area contributed by atoms with E-state index in [1.165, 1.54) is 12.1 Å². The number of rotatable bonds is 7. The molecular weight excluding hydrogens is 349 g/mol. The molecule has 0 spiro atoms. The fraction of sp³-hybridized carbons (Fsp3) is 0.611. The normalized spacial score (nSPS) is 20.0. The summed E-state index contributed by atoms with van der Waals surface area (Å²) in [6.45, 7) is 2.65. The highest BCUT2D eigenvalue weighted by Gasteiger charge is 2.34. The summed E-state index contributed by atoms with van der Waals surface area (Å²) in [4.78, 5) is 14.2. The molecule has 0 radical (unpaired) electrons. The van der Waals surface area contributed by atoms with E-state index in [0.717, 1.165) is 38.0 Å². The van der Waals surface area contributed by atoms with Crippen molar-refractivity contribution in [2.24, 2.45) is 5.92 Å². The average Bonchev–Trinajstić information content (AvgIpc) is 3.32. The van der Waals surface area contributed by atoms with E-state index >= 15 is 0 Å². The van der Waals surface area contributed by atoms with E-state index in [4.69, 9.17) is 9.47 Å². The van der Waals surface area contributed by atoms with Crippen molar-refractivity contribution in [2.75, 3.05) is 32.9 Å². The van der Waals surface area contributed by atoms with E-state index in [1.807, 2.05) is 4.90 Å². The summed E-state index contributed by atoms with van der Waals surface area (Å²) in [5.41, 5.74) is -0.714. The Morgan fingerprint density at radius 1 is 1.23 bits per heavy atom. The largest absolute Gasteiger partial charge is 0.492 e. The van der Waals surface area contributed by atoms with Crippen LogP contribution in [0.3, 0.4) is 0 Å². The number of carbonyl (C=O) groups is 1. The molecule has 1 atom stereocenters. The molecule has 1 heterocycles. The maximum atomic E-state index is 12.5. The molecule has 1 aromatic rings. The molecule has 2 amide bonds. The molecule has 1 aliphatic heterocycles. The first kappa shape index (κ1) is 18.8. The first-order valence-electron chi connectivity index (χ1n) is 8.86. The van der Waals surface area contributed by atoms with E-state index in [1.54, 1.807) is 0 Å². The molecule has 26 heavy (non-hydrogen) atoms. The van der Waals surface area contributed by atoms with Crippen LogP contribution in [0.2, 0.25) is 0 Å². The highest BCUT2D eigenvalue weighted by molar-refractivity contribution is 5.74. The molecule has 1 unspecified atom stereocenters. The van der Waals surface area contributed by atoms with Crippen LogP contribution in [-0.2, 0) is 10.9 Å². The van der Waals surface area contributed by atoms with Crippen LogP contribution >= 0.6 is 0 Å². The number of nitrogens with one attached hydrogen (secondary N) is 1. The van der Waals surface area contributed by atoms with Crippen molar-refractivity contribution < 1.29 is 27.4 Å². The molecule has 0 bridgehead atoms. The summed E-state index contributed by atoms with van der Waals surface area (Å²) in [6.07, 6.45) is -1.32. The Morgan fingerprint density at radius 2 is 1.96 bits per heavy atom. The van der Waals surface area contributed by atoms with Crippen molar-refractivity contribution in [1.29, 1.82) is 0 Å². The number of nitrogens with zero attached hydrogens (tertiary/aromatic N) is 1. The van der Waals surface area contributed by atoms with E-state index in [0.29, 0.717) is 37.4 Å². The molecule has 1 saturated carbocycles. The number of ether oxygens (including phenoxy) is 2. The van der Waals surface area contributed by atoms with Gasteiger partial charge < -0.3 is 19.7 Å². The zero-order valence-electron chi connectivity index (χ0n) is 14.4. The van der Waals surface area contributed by atoms with Crippen LogP contribution in [0.4, 0.5) is 18.0 Å². The van der Waals surface area contributed by atoms with Gasteiger partial charge in [-0.05, 0) is 43.5 Å². The van der Waals surface area contributed by atoms with Crippen LogP contribution in [-0.4, -0.2) is 49.9 Å². The van der Waals surface area contributed by atoms with Gasteiger partial charge in [0.2, 0.25) is 0 Å². The summed E-state index contributed by atoms with van der Waals surface area (Å²) in [5, 5.41) is 2.83. The number of urea groups is 1. The number of amides is 2. The zero-order chi connectivity index (χ0) is 18.6. The minimum absolute atomic E-state index is 0.115. The van der Waals surface area contributed by atoms with Crippen LogP contribution < -0.4 is 10.1 Å². The van der Waals surface area contributed by atoms with E-state index in [9.17, 15) is 18.0 Å². The third-order valence-electron chi connectivity index (χ3n) is 4.56. The fourth-order valence-corrected chi connectivity index (χ4v) is 2.96. The minimum Gasteiger partial charge on any atom is -0.492 e. The topological polar surface area (TPSA) is 50.8 Å². The highest BCUT2D eigenvalue weighted by Crippen LogP contribution is 2.30. The van der Waals surface area contributed by atoms with E-state index in [2.05, 4.69) is 5.32 Å². The molecule has 2 fully saturated rings. The lowest BCUT2D eigenvalue weighted by atomic mass is 10.1. The van der Waals surface area contributed by atoms with Crippen LogP contribution in [0.25, 0.3) is 0 Å². The first-order chi connectivity index (χ1) is 12.4. The van der Waals surface area contributed by atoms with Crippen LogP contribution in [0.15, 0.2) is 24.3 Å². The Kier molecular flexibility index (Phi) is 5.90. The number of benzene rings is 1. The van der Waals surface area contributed by atoms with Crippen LogP contribution in [0, 0.1) is 5.92 Å². The zero-order valence-corrected chi connectivity index (χ0v) is 14.4. The summed E-state index contributed by atoms with van der Waals surface area (Å²) in [7, 11) is 0. The molecule has 1 aromatic carbocycles. The summed E-state index contributed by atoms with van der Waals surface area (Å²) >= 11 is 0. The number of alkyl halides is 3. The highest BCUT2D eigenvalue weighted by atomic mass is 19.4. The SMILES string of the molecule is O=C(NCCOc1ccc(C(F)(F)F)cc1)N(CC1CCOC1)C1CC1. The monoisotopic (exact) mass is 372 g/mol. The van der Waals surface area contributed by atoms with Gasteiger partial charge >= 0.3 is 12.2 Å². The average molecular weight is 372 g/mol. The molecule has 2 aliphatic rings. The predicted molar refractivity (Wildman–Crippen MR) is 89.0 cm³/mol. The van der Waals surface area contributed by atoms with Crippen molar-refractivity contribution in [3.8, 4) is 5.75 Å². The van der Waals surface area contributed by atoms with Gasteiger partial charge in [0.05, 0.1) is 18.7 Å². The van der Waals surface area contributed by atoms with Gasteiger partial charge in [-0.2, -0.15) is 13.2 Å². The number of hydrogen-bond donors (Lipinski definition) is 1.